The van der Waals surface area contributed by atoms with E-state index in [1.807, 2.05) is 49.1 Å². The fourth-order valence-electron chi connectivity index (χ4n) is 6.74. The molecule has 6 rings (SSSR count). The molecule has 2 saturated heterocycles. The summed E-state index contributed by atoms with van der Waals surface area (Å²) in [6, 6.07) is 15.8. The topological polar surface area (TPSA) is 98.7 Å². The van der Waals surface area contributed by atoms with Gasteiger partial charge in [-0.15, -0.1) is 0 Å². The number of fused-ring (bicyclic) bond motifs is 1. The van der Waals surface area contributed by atoms with Crippen LogP contribution < -0.4 is 9.64 Å². The van der Waals surface area contributed by atoms with Gasteiger partial charge in [-0.2, -0.15) is 0 Å². The summed E-state index contributed by atoms with van der Waals surface area (Å²) in [5, 5.41) is 9.95. The highest BCUT2D eigenvalue weighted by Gasteiger charge is 2.40. The molecule has 4 atom stereocenters. The molecule has 244 valence electrons. The molecule has 0 bridgehead atoms. The van der Waals surface area contributed by atoms with Gasteiger partial charge in [0.25, 0.3) is 0 Å². The average Bonchev–Trinajstić information content (AvgIpc) is 3.04. The van der Waals surface area contributed by atoms with E-state index in [0.717, 1.165) is 28.8 Å². The number of halogens is 1. The molecule has 46 heavy (non-hydrogen) atoms. The van der Waals surface area contributed by atoms with E-state index in [2.05, 4.69) is 21.7 Å². The van der Waals surface area contributed by atoms with Gasteiger partial charge in [0, 0.05) is 50.5 Å². The van der Waals surface area contributed by atoms with Crippen molar-refractivity contribution in [2.45, 2.75) is 51.4 Å². The summed E-state index contributed by atoms with van der Waals surface area (Å²) in [4.78, 5) is 39.1. The highest BCUT2D eigenvalue weighted by atomic mass is 19.1. The summed E-state index contributed by atoms with van der Waals surface area (Å²) in [5.41, 5.74) is 4.47. The smallest absolute Gasteiger partial charge is 0.407 e. The van der Waals surface area contributed by atoms with Gasteiger partial charge < -0.3 is 19.5 Å². The molecule has 1 aromatic heterocycles. The monoisotopic (exact) mass is 631 g/mol. The minimum Gasteiger partial charge on any atom is -0.474 e. The van der Waals surface area contributed by atoms with Crippen LogP contribution in [0.2, 0.25) is 0 Å². The van der Waals surface area contributed by atoms with Crippen LogP contribution in [0, 0.1) is 12.7 Å². The van der Waals surface area contributed by atoms with Gasteiger partial charge in [0.1, 0.15) is 18.1 Å². The van der Waals surface area contributed by atoms with Gasteiger partial charge in [-0.1, -0.05) is 42.0 Å². The molecule has 0 aliphatic carbocycles. The standard InChI is InChI=1S/C35H42FN5O5/c1-23-4-8-28(9-5-23)32-22-46-34-31(15-27(16-37-34)14-26-6-10-29(36)11-7-26)41(32)33(42)20-39-17-24(2)40(35(43)44)19-30(39)18-38-12-13-45-21-25(38)3/h4-11,15-16,24-25,30,32H,12-14,17-22H2,1-3H3,(H,43,44)/t24-,25-,30+,32-/m1/s1. The predicted molar refractivity (Wildman–Crippen MR) is 172 cm³/mol. The zero-order valence-electron chi connectivity index (χ0n) is 26.6. The maximum absolute atomic E-state index is 14.6. The number of piperazine rings is 1. The quantitative estimate of drug-likeness (QED) is 0.411. The lowest BCUT2D eigenvalue weighted by Gasteiger charge is -2.47. The number of hydrogen-bond acceptors (Lipinski definition) is 7. The number of carboxylic acid groups (broad SMARTS) is 1. The Morgan fingerprint density at radius 1 is 0.978 bits per heavy atom. The molecule has 0 spiro atoms. The van der Waals surface area contributed by atoms with Crippen molar-refractivity contribution in [2.24, 2.45) is 0 Å². The van der Waals surface area contributed by atoms with Gasteiger partial charge in [0.2, 0.25) is 11.8 Å². The van der Waals surface area contributed by atoms with Crippen LogP contribution in [0.1, 0.15) is 42.1 Å². The van der Waals surface area contributed by atoms with E-state index in [1.54, 1.807) is 18.3 Å². The van der Waals surface area contributed by atoms with Crippen LogP contribution in [0.4, 0.5) is 14.9 Å². The largest absolute Gasteiger partial charge is 0.474 e. The average molecular weight is 632 g/mol. The number of rotatable bonds is 7. The first-order chi connectivity index (χ1) is 22.2. The number of ether oxygens (including phenoxy) is 2. The lowest BCUT2D eigenvalue weighted by Crippen LogP contribution is -2.64. The zero-order valence-corrected chi connectivity index (χ0v) is 26.6. The van der Waals surface area contributed by atoms with Gasteiger partial charge >= 0.3 is 6.09 Å². The SMILES string of the molecule is Cc1ccc([C@H]2COc3ncc(Cc4ccc(F)cc4)cc3N2C(=O)CN2C[C@@H](C)N(C(=O)O)C[C@@H]2CN2CCOC[C@H]2C)cc1. The maximum atomic E-state index is 14.6. The number of aromatic nitrogens is 1. The van der Waals surface area contributed by atoms with Gasteiger partial charge in [-0.25, -0.2) is 14.2 Å². The van der Waals surface area contributed by atoms with E-state index in [4.69, 9.17) is 9.47 Å². The van der Waals surface area contributed by atoms with E-state index in [9.17, 15) is 19.1 Å². The first kappa shape index (κ1) is 31.9. The van der Waals surface area contributed by atoms with Gasteiger partial charge in [-0.3, -0.25) is 19.5 Å². The highest BCUT2D eigenvalue weighted by Crippen LogP contribution is 2.39. The van der Waals surface area contributed by atoms with Crippen molar-refractivity contribution in [3.05, 3.63) is 88.9 Å². The van der Waals surface area contributed by atoms with Gasteiger partial charge in [0.15, 0.2) is 0 Å². The second-order valence-corrected chi connectivity index (χ2v) is 12.8. The number of hydrogen-bond donors (Lipinski definition) is 1. The molecule has 11 heteroatoms. The Balaban J connectivity index is 1.31. The number of amides is 2. The number of nitrogens with zero attached hydrogens (tertiary/aromatic N) is 5. The van der Waals surface area contributed by atoms with Crippen LogP contribution in [-0.4, -0.2) is 107 Å². The van der Waals surface area contributed by atoms with E-state index in [1.165, 1.54) is 17.0 Å². The van der Waals surface area contributed by atoms with Crippen LogP contribution in [0.5, 0.6) is 5.88 Å². The summed E-state index contributed by atoms with van der Waals surface area (Å²) in [6.45, 7) is 9.82. The summed E-state index contributed by atoms with van der Waals surface area (Å²) in [6.07, 6.45) is 1.31. The van der Waals surface area contributed by atoms with Crippen molar-refractivity contribution in [3.8, 4) is 5.88 Å². The summed E-state index contributed by atoms with van der Waals surface area (Å²) in [5.74, 6) is -0.00695. The number of carbonyl (C=O) groups is 2. The van der Waals surface area contributed by atoms with Crippen molar-refractivity contribution in [3.63, 3.8) is 0 Å². The summed E-state index contributed by atoms with van der Waals surface area (Å²) >= 11 is 0. The van der Waals surface area contributed by atoms with E-state index < -0.39 is 6.09 Å². The molecule has 3 aliphatic heterocycles. The van der Waals surface area contributed by atoms with Crippen molar-refractivity contribution in [2.75, 3.05) is 57.4 Å². The Labute approximate surface area is 269 Å². The fourth-order valence-corrected chi connectivity index (χ4v) is 6.74. The molecule has 2 fully saturated rings. The summed E-state index contributed by atoms with van der Waals surface area (Å²) in [7, 11) is 0. The van der Waals surface area contributed by atoms with Crippen molar-refractivity contribution >= 4 is 17.7 Å². The molecule has 10 nitrogen and oxygen atoms in total. The number of pyridine rings is 1. The molecule has 1 N–H and O–H groups in total. The van der Waals surface area contributed by atoms with Gasteiger partial charge in [0.05, 0.1) is 25.8 Å². The molecule has 0 unspecified atom stereocenters. The molecule has 2 amide bonds. The van der Waals surface area contributed by atoms with E-state index in [-0.39, 0.29) is 49.0 Å². The second-order valence-electron chi connectivity index (χ2n) is 12.8. The Hall–Kier alpha value is -4.06. The minimum absolute atomic E-state index is 0.105. The van der Waals surface area contributed by atoms with Crippen LogP contribution in [0.25, 0.3) is 0 Å². The van der Waals surface area contributed by atoms with Crippen LogP contribution >= 0.6 is 0 Å². The number of anilines is 1. The van der Waals surface area contributed by atoms with Crippen molar-refractivity contribution in [1.29, 1.82) is 0 Å². The highest BCUT2D eigenvalue weighted by molar-refractivity contribution is 5.97. The molecule has 4 heterocycles. The Kier molecular flexibility index (Phi) is 9.53. The lowest BCUT2D eigenvalue weighted by atomic mass is 10.0. The molecular formula is C35H42FN5O5. The molecule has 2 aromatic carbocycles. The molecule has 0 radical (unpaired) electrons. The number of benzene rings is 2. The van der Waals surface area contributed by atoms with E-state index >= 15 is 0 Å². The van der Waals surface area contributed by atoms with E-state index in [0.29, 0.717) is 50.8 Å². The first-order valence-corrected chi connectivity index (χ1v) is 16.0. The minimum atomic E-state index is -0.945. The lowest BCUT2D eigenvalue weighted by molar-refractivity contribution is -0.122. The second kappa shape index (κ2) is 13.7. The van der Waals surface area contributed by atoms with Crippen molar-refractivity contribution < 1.29 is 28.6 Å². The Bertz CT molecular complexity index is 1540. The Morgan fingerprint density at radius 3 is 2.46 bits per heavy atom. The normalized spacial score (nSPS) is 23.9. The number of aryl methyl sites for hydroxylation is 1. The third-order valence-electron chi connectivity index (χ3n) is 9.38. The van der Waals surface area contributed by atoms with Crippen LogP contribution in [-0.2, 0) is 16.0 Å². The molecule has 0 saturated carbocycles. The molecular weight excluding hydrogens is 589 g/mol. The van der Waals surface area contributed by atoms with Crippen LogP contribution in [0.3, 0.4) is 0 Å². The van der Waals surface area contributed by atoms with Gasteiger partial charge in [-0.05, 0) is 62.1 Å². The molecule has 3 aliphatic rings. The number of morpholine rings is 1. The fraction of sp³-hybridized carbons (Fsp3) is 0.457. The third-order valence-corrected chi connectivity index (χ3v) is 9.38. The first-order valence-electron chi connectivity index (χ1n) is 16.0. The summed E-state index contributed by atoms with van der Waals surface area (Å²) < 4.78 is 25.3. The predicted octanol–water partition coefficient (Wildman–Crippen LogP) is 4.36. The third kappa shape index (κ3) is 7.01. The Morgan fingerprint density at radius 2 is 1.74 bits per heavy atom. The number of carbonyl (C=O) groups excluding carboxylic acids is 1. The maximum Gasteiger partial charge on any atom is 0.407 e. The van der Waals surface area contributed by atoms with Crippen molar-refractivity contribution in [1.82, 2.24) is 19.7 Å². The zero-order chi connectivity index (χ0) is 32.4. The molecule has 3 aromatic rings. The van der Waals surface area contributed by atoms with Crippen LogP contribution in [0.15, 0.2) is 60.8 Å².